The Hall–Kier alpha value is -1.12. The minimum absolute atomic E-state index is 0. The van der Waals surface area contributed by atoms with E-state index in [9.17, 15) is 0 Å². The summed E-state index contributed by atoms with van der Waals surface area (Å²) in [6.07, 6.45) is 28.9. The zero-order chi connectivity index (χ0) is 24.1. The first kappa shape index (κ1) is 34.9. The van der Waals surface area contributed by atoms with Crippen LogP contribution in [-0.4, -0.2) is 0 Å². The number of unbranched alkanes of at least 4 members (excludes halogenated alkanes) is 13. The van der Waals surface area contributed by atoms with E-state index in [2.05, 4.69) is 71.8 Å². The SMILES string of the molecule is CCCCCc1cccc[n+]1CCCCCCCCCCCC[n+]1ccccc1CCCCC.[Cl-].[Cl-]. The van der Waals surface area contributed by atoms with Gasteiger partial charge in [-0.15, -0.1) is 0 Å². The summed E-state index contributed by atoms with van der Waals surface area (Å²) < 4.78 is 5.00. The smallest absolute Gasteiger partial charge is 0.181 e. The maximum atomic E-state index is 2.50. The molecule has 0 atom stereocenters. The van der Waals surface area contributed by atoms with Crippen LogP contribution in [0.5, 0.6) is 0 Å². The summed E-state index contributed by atoms with van der Waals surface area (Å²) in [5.74, 6) is 0. The fraction of sp³-hybridized carbons (Fsp3) is 0.688. The van der Waals surface area contributed by atoms with Gasteiger partial charge in [0.2, 0.25) is 0 Å². The van der Waals surface area contributed by atoms with Gasteiger partial charge in [-0.3, -0.25) is 0 Å². The molecule has 36 heavy (non-hydrogen) atoms. The number of pyridine rings is 2. The van der Waals surface area contributed by atoms with Crippen LogP contribution in [0.15, 0.2) is 48.8 Å². The van der Waals surface area contributed by atoms with Gasteiger partial charge in [0.1, 0.15) is 13.1 Å². The van der Waals surface area contributed by atoms with Gasteiger partial charge in [-0.2, -0.15) is 0 Å². The minimum atomic E-state index is 0. The molecule has 0 unspecified atom stereocenters. The first-order valence-corrected chi connectivity index (χ1v) is 14.8. The number of hydrogen-bond donors (Lipinski definition) is 0. The van der Waals surface area contributed by atoms with Crippen molar-refractivity contribution < 1.29 is 33.9 Å². The molecule has 0 aromatic carbocycles. The van der Waals surface area contributed by atoms with Crippen molar-refractivity contribution in [1.29, 1.82) is 0 Å². The molecule has 2 heterocycles. The lowest BCUT2D eigenvalue weighted by Gasteiger charge is -2.05. The molecule has 2 aromatic heterocycles. The summed E-state index contributed by atoms with van der Waals surface area (Å²) in [5, 5.41) is 0. The second-order valence-electron chi connectivity index (χ2n) is 10.2. The molecule has 2 rings (SSSR count). The van der Waals surface area contributed by atoms with Gasteiger partial charge in [0, 0.05) is 49.9 Å². The second kappa shape index (κ2) is 24.2. The molecule has 0 aliphatic rings. The molecule has 0 amide bonds. The lowest BCUT2D eigenvalue weighted by molar-refractivity contribution is -0.704. The quantitative estimate of drug-likeness (QED) is 0.171. The van der Waals surface area contributed by atoms with Crippen molar-refractivity contribution >= 4 is 0 Å². The number of hydrogen-bond acceptors (Lipinski definition) is 0. The third kappa shape index (κ3) is 15.9. The Morgan fingerprint density at radius 3 is 1.17 bits per heavy atom. The Bertz CT molecular complexity index is 687. The van der Waals surface area contributed by atoms with Gasteiger partial charge in [-0.25, -0.2) is 9.13 Å². The van der Waals surface area contributed by atoms with Gasteiger partial charge < -0.3 is 24.8 Å². The highest BCUT2D eigenvalue weighted by molar-refractivity contribution is 4.98. The molecule has 0 N–H and O–H groups in total. The van der Waals surface area contributed by atoms with Crippen molar-refractivity contribution in [3.8, 4) is 0 Å². The van der Waals surface area contributed by atoms with Crippen LogP contribution in [0.1, 0.15) is 128 Å². The van der Waals surface area contributed by atoms with E-state index in [0.717, 1.165) is 0 Å². The van der Waals surface area contributed by atoms with Crippen LogP contribution in [0.2, 0.25) is 0 Å². The van der Waals surface area contributed by atoms with Gasteiger partial charge in [0.05, 0.1) is 0 Å². The van der Waals surface area contributed by atoms with Crippen molar-refractivity contribution in [3.05, 3.63) is 60.2 Å². The predicted octanol–water partition coefficient (Wildman–Crippen LogP) is 2.34. The summed E-state index contributed by atoms with van der Waals surface area (Å²) in [7, 11) is 0. The topological polar surface area (TPSA) is 7.76 Å². The summed E-state index contributed by atoms with van der Waals surface area (Å²) in [6.45, 7) is 6.97. The van der Waals surface area contributed by atoms with Gasteiger partial charge in [-0.05, 0) is 25.7 Å². The lowest BCUT2D eigenvalue weighted by atomic mass is 10.1. The zero-order valence-electron chi connectivity index (χ0n) is 23.4. The predicted molar refractivity (Wildman–Crippen MR) is 146 cm³/mol. The fourth-order valence-corrected chi connectivity index (χ4v) is 5.00. The summed E-state index contributed by atoms with van der Waals surface area (Å²) >= 11 is 0. The number of nitrogens with zero attached hydrogens (tertiary/aromatic N) is 2. The summed E-state index contributed by atoms with van der Waals surface area (Å²) in [4.78, 5) is 0. The van der Waals surface area contributed by atoms with E-state index < -0.39 is 0 Å². The highest BCUT2D eigenvalue weighted by atomic mass is 35.5. The lowest BCUT2D eigenvalue weighted by Crippen LogP contribution is -3.00. The molecule has 2 aromatic rings. The zero-order valence-corrected chi connectivity index (χ0v) is 24.9. The molecule has 0 radical (unpaired) electrons. The summed E-state index contributed by atoms with van der Waals surface area (Å²) in [5.41, 5.74) is 3.05. The van der Waals surface area contributed by atoms with E-state index in [1.807, 2.05) is 0 Å². The maximum Gasteiger partial charge on any atom is 0.181 e. The fourth-order valence-electron chi connectivity index (χ4n) is 5.00. The molecule has 4 heteroatoms. The molecule has 206 valence electrons. The minimum Gasteiger partial charge on any atom is -1.00 e. The van der Waals surface area contributed by atoms with Gasteiger partial charge in [0.25, 0.3) is 0 Å². The first-order chi connectivity index (χ1) is 16.8. The van der Waals surface area contributed by atoms with E-state index in [1.54, 1.807) is 0 Å². The largest absolute Gasteiger partial charge is 1.00 e. The molecule has 0 spiro atoms. The van der Waals surface area contributed by atoms with Gasteiger partial charge >= 0.3 is 0 Å². The van der Waals surface area contributed by atoms with Crippen molar-refractivity contribution in [2.24, 2.45) is 0 Å². The average molecular weight is 538 g/mol. The number of halogens is 2. The molecule has 0 saturated heterocycles. The molecule has 2 nitrogen and oxygen atoms in total. The van der Waals surface area contributed by atoms with Crippen molar-refractivity contribution in [2.45, 2.75) is 143 Å². The van der Waals surface area contributed by atoms with E-state index in [1.165, 1.54) is 140 Å². The van der Waals surface area contributed by atoms with Crippen LogP contribution < -0.4 is 33.9 Å². The Balaban J connectivity index is 0.00000612. The third-order valence-electron chi connectivity index (χ3n) is 7.19. The highest BCUT2D eigenvalue weighted by Gasteiger charge is 2.09. The first-order valence-electron chi connectivity index (χ1n) is 14.8. The van der Waals surface area contributed by atoms with Gasteiger partial charge in [-0.1, -0.05) is 90.2 Å². The Labute approximate surface area is 236 Å². The Morgan fingerprint density at radius 1 is 0.444 bits per heavy atom. The van der Waals surface area contributed by atoms with Crippen molar-refractivity contribution in [3.63, 3.8) is 0 Å². The monoisotopic (exact) mass is 536 g/mol. The van der Waals surface area contributed by atoms with Crippen LogP contribution in [0.3, 0.4) is 0 Å². The van der Waals surface area contributed by atoms with Crippen molar-refractivity contribution in [1.82, 2.24) is 0 Å². The number of rotatable bonds is 21. The summed E-state index contributed by atoms with van der Waals surface area (Å²) in [6, 6.07) is 13.4. The maximum absolute atomic E-state index is 2.50. The molecule has 0 aliphatic heterocycles. The van der Waals surface area contributed by atoms with Crippen LogP contribution >= 0.6 is 0 Å². The third-order valence-corrected chi connectivity index (χ3v) is 7.19. The van der Waals surface area contributed by atoms with E-state index in [-0.39, 0.29) is 24.8 Å². The Morgan fingerprint density at radius 2 is 0.806 bits per heavy atom. The van der Waals surface area contributed by atoms with E-state index >= 15 is 0 Å². The van der Waals surface area contributed by atoms with Crippen LogP contribution in [0.4, 0.5) is 0 Å². The van der Waals surface area contributed by atoms with Crippen LogP contribution in [-0.2, 0) is 25.9 Å². The molecule has 0 saturated carbocycles. The molecular weight excluding hydrogens is 483 g/mol. The number of aryl methyl sites for hydroxylation is 4. The van der Waals surface area contributed by atoms with E-state index in [4.69, 9.17) is 0 Å². The van der Waals surface area contributed by atoms with Gasteiger partial charge in [0.15, 0.2) is 23.8 Å². The number of aromatic nitrogens is 2. The van der Waals surface area contributed by atoms with Crippen molar-refractivity contribution in [2.75, 3.05) is 0 Å². The molecular formula is C32H54Cl2N2. The average Bonchev–Trinajstić information content (AvgIpc) is 2.86. The normalized spacial score (nSPS) is 10.6. The van der Waals surface area contributed by atoms with E-state index in [0.29, 0.717) is 0 Å². The van der Waals surface area contributed by atoms with Crippen LogP contribution in [0, 0.1) is 0 Å². The molecule has 0 aliphatic carbocycles. The molecule has 0 bridgehead atoms. The standard InChI is InChI=1S/C32H54N2.2ClH/c1-3-5-15-23-31-25-17-21-29-33(31)27-19-13-11-9-7-8-10-12-14-20-28-34-30-22-18-26-32(34)24-16-6-4-2;;/h17-18,21-22,25-26,29-30H,3-16,19-20,23-24,27-28H2,1-2H3;2*1H/q+2;;/p-2. The highest BCUT2D eigenvalue weighted by Crippen LogP contribution is 2.11. The Kier molecular flexibility index (Phi) is 23.5. The van der Waals surface area contributed by atoms with Crippen LogP contribution in [0.25, 0.3) is 0 Å². The molecule has 0 fully saturated rings. The second-order valence-corrected chi connectivity index (χ2v) is 10.2.